The van der Waals surface area contributed by atoms with Gasteiger partial charge in [0.2, 0.25) is 0 Å². The second kappa shape index (κ2) is 6.40. The third-order valence-electron chi connectivity index (χ3n) is 2.97. The molecule has 1 aromatic carbocycles. The maximum atomic E-state index is 13.0. The number of benzene rings is 1. The van der Waals surface area contributed by atoms with E-state index in [4.69, 9.17) is 0 Å². The highest BCUT2D eigenvalue weighted by atomic mass is 32.2. The SMILES string of the molecule is CCc1c(/C(C)=N/[S+]([O-])C(C)(C)C)cccc1C(F)(F)F. The molecule has 2 nitrogen and oxygen atoms in total. The average molecular weight is 319 g/mol. The van der Waals surface area contributed by atoms with Crippen LogP contribution < -0.4 is 0 Å². The molecule has 0 saturated carbocycles. The molecule has 0 aliphatic rings. The monoisotopic (exact) mass is 319 g/mol. The van der Waals surface area contributed by atoms with Crippen LogP contribution in [-0.2, 0) is 24.0 Å². The first kappa shape index (κ1) is 18.0. The molecule has 1 atom stereocenters. The van der Waals surface area contributed by atoms with Crippen molar-refractivity contribution in [2.24, 2.45) is 4.40 Å². The number of alkyl halides is 3. The van der Waals surface area contributed by atoms with Crippen molar-refractivity contribution in [1.82, 2.24) is 0 Å². The summed E-state index contributed by atoms with van der Waals surface area (Å²) in [6, 6.07) is 4.01. The van der Waals surface area contributed by atoms with Crippen LogP contribution >= 0.6 is 0 Å². The molecule has 0 aromatic heterocycles. The fourth-order valence-corrected chi connectivity index (χ4v) is 2.50. The van der Waals surface area contributed by atoms with Crippen molar-refractivity contribution in [2.75, 3.05) is 0 Å². The van der Waals surface area contributed by atoms with Gasteiger partial charge in [0, 0.05) is 5.56 Å². The predicted octanol–water partition coefficient (Wildman–Crippen LogP) is 4.54. The van der Waals surface area contributed by atoms with Crippen molar-refractivity contribution >= 4 is 17.1 Å². The molecule has 1 unspecified atom stereocenters. The second-order valence-electron chi connectivity index (χ2n) is 5.72. The minimum Gasteiger partial charge on any atom is -0.591 e. The summed E-state index contributed by atoms with van der Waals surface area (Å²) in [4.78, 5) is 0. The first-order valence-corrected chi connectivity index (χ1v) is 7.76. The summed E-state index contributed by atoms with van der Waals surface area (Å²) in [5.41, 5.74) is 0.312. The largest absolute Gasteiger partial charge is 0.591 e. The molecule has 0 spiro atoms. The summed E-state index contributed by atoms with van der Waals surface area (Å²) >= 11 is -1.50. The van der Waals surface area contributed by atoms with E-state index in [0.29, 0.717) is 11.3 Å². The van der Waals surface area contributed by atoms with E-state index in [9.17, 15) is 17.7 Å². The summed E-state index contributed by atoms with van der Waals surface area (Å²) in [7, 11) is 0. The Balaban J connectivity index is 3.35. The standard InChI is InChI=1S/C15H20F3NOS/c1-6-11-12(8-7-9-13(11)15(16,17)18)10(2)19-21(20)14(3,4)5/h7-9H,6H2,1-5H3/b19-10+. The van der Waals surface area contributed by atoms with Crippen LogP contribution in [0.25, 0.3) is 0 Å². The van der Waals surface area contributed by atoms with Crippen LogP contribution in [0.2, 0.25) is 0 Å². The van der Waals surface area contributed by atoms with Crippen LogP contribution in [0.4, 0.5) is 13.2 Å². The Morgan fingerprint density at radius 3 is 2.24 bits per heavy atom. The third kappa shape index (κ3) is 4.48. The third-order valence-corrected chi connectivity index (χ3v) is 4.46. The molecule has 0 aliphatic heterocycles. The Bertz CT molecular complexity index is 533. The molecule has 0 amide bonds. The van der Waals surface area contributed by atoms with E-state index in [1.54, 1.807) is 40.7 Å². The minimum absolute atomic E-state index is 0.192. The Hall–Kier alpha value is -1.01. The lowest BCUT2D eigenvalue weighted by atomic mass is 9.96. The van der Waals surface area contributed by atoms with Crippen molar-refractivity contribution in [3.63, 3.8) is 0 Å². The molecule has 1 aromatic rings. The van der Waals surface area contributed by atoms with E-state index in [2.05, 4.69) is 4.40 Å². The Labute approximate surface area is 126 Å². The van der Waals surface area contributed by atoms with E-state index in [1.165, 1.54) is 6.07 Å². The molecule has 6 heteroatoms. The Morgan fingerprint density at radius 1 is 1.24 bits per heavy atom. The van der Waals surface area contributed by atoms with Gasteiger partial charge in [0.25, 0.3) is 0 Å². The summed E-state index contributed by atoms with van der Waals surface area (Å²) < 4.78 is 54.6. The molecule has 118 valence electrons. The Kier molecular flexibility index (Phi) is 5.50. The van der Waals surface area contributed by atoms with Gasteiger partial charge >= 0.3 is 6.18 Å². The number of hydrogen-bond acceptors (Lipinski definition) is 2. The molecule has 0 fully saturated rings. The Morgan fingerprint density at radius 2 is 1.81 bits per heavy atom. The zero-order valence-electron chi connectivity index (χ0n) is 12.8. The van der Waals surface area contributed by atoms with E-state index < -0.39 is 27.8 Å². The summed E-state index contributed by atoms with van der Waals surface area (Å²) in [6.45, 7) is 8.58. The first-order chi connectivity index (χ1) is 9.48. The van der Waals surface area contributed by atoms with Crippen LogP contribution in [0.15, 0.2) is 22.6 Å². The summed E-state index contributed by atoms with van der Waals surface area (Å²) in [5.74, 6) is 0. The lowest BCUT2D eigenvalue weighted by Gasteiger charge is -2.20. The fraction of sp³-hybridized carbons (Fsp3) is 0.533. The first-order valence-electron chi connectivity index (χ1n) is 6.65. The highest BCUT2D eigenvalue weighted by Gasteiger charge is 2.34. The van der Waals surface area contributed by atoms with Crippen molar-refractivity contribution in [3.8, 4) is 0 Å². The quantitative estimate of drug-likeness (QED) is 0.595. The molecule has 0 aliphatic carbocycles. The fourth-order valence-electron chi connectivity index (χ4n) is 1.88. The minimum atomic E-state index is -4.40. The summed E-state index contributed by atoms with van der Waals surface area (Å²) in [6.07, 6.45) is -4.16. The van der Waals surface area contributed by atoms with Gasteiger partial charge in [-0.2, -0.15) is 13.2 Å². The lowest BCUT2D eigenvalue weighted by molar-refractivity contribution is -0.138. The molecule has 0 saturated heterocycles. The molecule has 1 rings (SSSR count). The molecular formula is C15H20F3NOS. The smallest absolute Gasteiger partial charge is 0.416 e. The molecule has 0 bridgehead atoms. The number of halogens is 3. The maximum Gasteiger partial charge on any atom is 0.416 e. The van der Waals surface area contributed by atoms with Crippen molar-refractivity contribution in [1.29, 1.82) is 0 Å². The second-order valence-corrected chi connectivity index (χ2v) is 7.63. The zero-order valence-corrected chi connectivity index (χ0v) is 13.7. The van der Waals surface area contributed by atoms with E-state index >= 15 is 0 Å². The lowest BCUT2D eigenvalue weighted by Crippen LogP contribution is -2.27. The van der Waals surface area contributed by atoms with Crippen molar-refractivity contribution in [3.05, 3.63) is 34.9 Å². The van der Waals surface area contributed by atoms with Crippen molar-refractivity contribution in [2.45, 2.75) is 52.0 Å². The van der Waals surface area contributed by atoms with Crippen LogP contribution in [0.1, 0.15) is 51.3 Å². The summed E-state index contributed by atoms with van der Waals surface area (Å²) in [5, 5.41) is 0. The van der Waals surface area contributed by atoms with E-state index in [1.807, 2.05) is 0 Å². The van der Waals surface area contributed by atoms with Gasteiger partial charge in [-0.3, -0.25) is 0 Å². The van der Waals surface area contributed by atoms with E-state index in [0.717, 1.165) is 6.07 Å². The number of hydrogen-bond donors (Lipinski definition) is 0. The highest BCUT2D eigenvalue weighted by Crippen LogP contribution is 2.34. The van der Waals surface area contributed by atoms with Crippen LogP contribution in [0, 0.1) is 0 Å². The van der Waals surface area contributed by atoms with Gasteiger partial charge in [-0.25, -0.2) is 0 Å². The topological polar surface area (TPSA) is 35.4 Å². The van der Waals surface area contributed by atoms with Gasteiger partial charge in [-0.1, -0.05) is 23.5 Å². The molecule has 0 radical (unpaired) electrons. The molecule has 0 N–H and O–H groups in total. The van der Waals surface area contributed by atoms with Gasteiger partial charge in [-0.15, -0.1) is 0 Å². The van der Waals surface area contributed by atoms with Gasteiger partial charge in [0.15, 0.2) is 0 Å². The van der Waals surface area contributed by atoms with Crippen molar-refractivity contribution < 1.29 is 17.7 Å². The normalized spacial score (nSPS) is 15.2. The van der Waals surface area contributed by atoms with Gasteiger partial charge < -0.3 is 4.55 Å². The zero-order chi connectivity index (χ0) is 16.4. The predicted molar refractivity (Wildman–Crippen MR) is 80.9 cm³/mol. The average Bonchev–Trinajstić information content (AvgIpc) is 2.35. The van der Waals surface area contributed by atoms with Crippen LogP contribution in [-0.4, -0.2) is 15.0 Å². The number of rotatable bonds is 3. The van der Waals surface area contributed by atoms with Gasteiger partial charge in [0.05, 0.1) is 11.3 Å². The highest BCUT2D eigenvalue weighted by molar-refractivity contribution is 7.91. The van der Waals surface area contributed by atoms with Gasteiger partial charge in [-0.05, 0) is 45.7 Å². The molecular weight excluding hydrogens is 299 g/mol. The molecule has 0 heterocycles. The van der Waals surface area contributed by atoms with E-state index in [-0.39, 0.29) is 12.0 Å². The maximum absolute atomic E-state index is 13.0. The molecule has 21 heavy (non-hydrogen) atoms. The van der Waals surface area contributed by atoms with Crippen LogP contribution in [0.5, 0.6) is 0 Å². The number of nitrogens with zero attached hydrogens (tertiary/aromatic N) is 1. The van der Waals surface area contributed by atoms with Gasteiger partial charge in [0.1, 0.15) is 16.1 Å². The van der Waals surface area contributed by atoms with Crippen LogP contribution in [0.3, 0.4) is 0 Å².